The van der Waals surface area contributed by atoms with Gasteiger partial charge in [0, 0.05) is 11.8 Å². The van der Waals surface area contributed by atoms with Crippen molar-refractivity contribution in [3.63, 3.8) is 0 Å². The summed E-state index contributed by atoms with van der Waals surface area (Å²) < 4.78 is 15.6. The minimum atomic E-state index is 0.362. The van der Waals surface area contributed by atoms with Gasteiger partial charge < -0.3 is 19.5 Å². The van der Waals surface area contributed by atoms with Gasteiger partial charge >= 0.3 is 0 Å². The summed E-state index contributed by atoms with van der Waals surface area (Å²) in [6.45, 7) is 0. The van der Waals surface area contributed by atoms with E-state index in [1.807, 2.05) is 30.3 Å². The van der Waals surface area contributed by atoms with Gasteiger partial charge in [-0.3, -0.25) is 5.43 Å². The zero-order chi connectivity index (χ0) is 17.4. The second kappa shape index (κ2) is 8.73. The van der Waals surface area contributed by atoms with Crippen LogP contribution in [0.3, 0.4) is 0 Å². The average molecular weight is 345 g/mol. The average Bonchev–Trinajstić information content (AvgIpc) is 2.61. The minimum absolute atomic E-state index is 0.362. The van der Waals surface area contributed by atoms with Crippen LogP contribution in [-0.2, 0) is 0 Å². The Morgan fingerprint density at radius 1 is 1.00 bits per heavy atom. The lowest BCUT2D eigenvalue weighted by Gasteiger charge is -2.11. The number of anilines is 1. The fourth-order valence-corrected chi connectivity index (χ4v) is 2.13. The fourth-order valence-electron chi connectivity index (χ4n) is 1.96. The van der Waals surface area contributed by atoms with Crippen LogP contribution in [0.4, 0.5) is 5.69 Å². The van der Waals surface area contributed by atoms with Crippen LogP contribution in [0.15, 0.2) is 47.6 Å². The van der Waals surface area contributed by atoms with E-state index in [-0.39, 0.29) is 0 Å². The summed E-state index contributed by atoms with van der Waals surface area (Å²) >= 11 is 5.21. The Labute approximate surface area is 146 Å². The van der Waals surface area contributed by atoms with Crippen molar-refractivity contribution in [2.45, 2.75) is 0 Å². The molecule has 0 aromatic heterocycles. The summed E-state index contributed by atoms with van der Waals surface area (Å²) in [7, 11) is 4.79. The molecule has 0 atom stereocenters. The molecule has 126 valence electrons. The molecule has 0 aliphatic heterocycles. The lowest BCUT2D eigenvalue weighted by molar-refractivity contribution is 0.355. The molecule has 2 aromatic rings. The number of hydrazone groups is 1. The summed E-state index contributed by atoms with van der Waals surface area (Å²) in [4.78, 5) is 0. The van der Waals surface area contributed by atoms with Crippen molar-refractivity contribution in [3.05, 3.63) is 48.0 Å². The highest BCUT2D eigenvalue weighted by Crippen LogP contribution is 2.29. The number of methoxy groups -OCH3 is 3. The highest BCUT2D eigenvalue weighted by Gasteiger charge is 2.05. The lowest BCUT2D eigenvalue weighted by Crippen LogP contribution is -2.23. The first-order chi connectivity index (χ1) is 11.7. The van der Waals surface area contributed by atoms with Crippen molar-refractivity contribution in [3.8, 4) is 17.2 Å². The van der Waals surface area contributed by atoms with Crippen LogP contribution in [0.25, 0.3) is 0 Å². The van der Waals surface area contributed by atoms with Crippen molar-refractivity contribution in [1.29, 1.82) is 0 Å². The molecule has 2 aromatic carbocycles. The number of thiocarbonyl (C=S) groups is 1. The van der Waals surface area contributed by atoms with Gasteiger partial charge in [0.05, 0.1) is 27.5 Å². The zero-order valence-electron chi connectivity index (χ0n) is 13.7. The number of hydrogen-bond donors (Lipinski definition) is 2. The summed E-state index contributed by atoms with van der Waals surface area (Å²) in [5.74, 6) is 2.04. The van der Waals surface area contributed by atoms with Crippen LogP contribution in [0.2, 0.25) is 0 Å². The number of ether oxygens (including phenoxy) is 3. The molecule has 0 saturated carbocycles. The van der Waals surface area contributed by atoms with E-state index in [2.05, 4.69) is 15.8 Å². The van der Waals surface area contributed by atoms with Crippen molar-refractivity contribution in [2.24, 2.45) is 5.10 Å². The van der Waals surface area contributed by atoms with Gasteiger partial charge in [-0.15, -0.1) is 0 Å². The van der Waals surface area contributed by atoms with E-state index in [9.17, 15) is 0 Å². The molecule has 0 saturated heterocycles. The first-order valence-corrected chi connectivity index (χ1v) is 7.53. The van der Waals surface area contributed by atoms with E-state index >= 15 is 0 Å². The SMILES string of the molecule is COc1cccc(/C=N\NC(=S)Nc2ccc(OC)c(OC)c2)c1. The minimum Gasteiger partial charge on any atom is -0.497 e. The van der Waals surface area contributed by atoms with Crippen LogP contribution in [0, 0.1) is 0 Å². The molecule has 0 bridgehead atoms. The second-order valence-corrected chi connectivity index (χ2v) is 5.08. The molecular formula is C17H19N3O3S. The topological polar surface area (TPSA) is 64.1 Å². The van der Waals surface area contributed by atoms with E-state index < -0.39 is 0 Å². The standard InChI is InChI=1S/C17H19N3O3S/c1-21-14-6-4-5-12(9-14)11-18-20-17(24)19-13-7-8-15(22-2)16(10-13)23-3/h4-11H,1-3H3,(H2,19,20,24)/b18-11-. The van der Waals surface area contributed by atoms with Crippen molar-refractivity contribution in [2.75, 3.05) is 26.6 Å². The van der Waals surface area contributed by atoms with Crippen LogP contribution in [0.5, 0.6) is 17.2 Å². The Kier molecular flexibility index (Phi) is 6.39. The molecule has 0 heterocycles. The van der Waals surface area contributed by atoms with Gasteiger partial charge in [0.25, 0.3) is 0 Å². The highest BCUT2D eigenvalue weighted by molar-refractivity contribution is 7.80. The molecule has 6 nitrogen and oxygen atoms in total. The number of nitrogens with zero attached hydrogens (tertiary/aromatic N) is 1. The van der Waals surface area contributed by atoms with Gasteiger partial charge in [0.15, 0.2) is 16.6 Å². The Morgan fingerprint density at radius 2 is 1.79 bits per heavy atom. The highest BCUT2D eigenvalue weighted by atomic mass is 32.1. The number of benzene rings is 2. The first-order valence-electron chi connectivity index (χ1n) is 7.12. The van der Waals surface area contributed by atoms with Crippen LogP contribution >= 0.6 is 12.2 Å². The molecule has 24 heavy (non-hydrogen) atoms. The van der Waals surface area contributed by atoms with E-state index in [0.717, 1.165) is 17.0 Å². The van der Waals surface area contributed by atoms with E-state index in [4.69, 9.17) is 26.4 Å². The molecule has 0 radical (unpaired) electrons. The molecule has 7 heteroatoms. The maximum Gasteiger partial charge on any atom is 0.191 e. The summed E-state index contributed by atoms with van der Waals surface area (Å²) in [6, 6.07) is 13.0. The Bertz CT molecular complexity index is 735. The summed E-state index contributed by atoms with van der Waals surface area (Å²) in [5, 5.41) is 7.48. The molecule has 0 unspecified atom stereocenters. The smallest absolute Gasteiger partial charge is 0.191 e. The van der Waals surface area contributed by atoms with E-state index in [1.165, 1.54) is 0 Å². The molecule has 0 aliphatic carbocycles. The summed E-state index contributed by atoms with van der Waals surface area (Å²) in [5.41, 5.74) is 4.42. The third kappa shape index (κ3) is 4.85. The number of rotatable bonds is 6. The first kappa shape index (κ1) is 17.6. The third-order valence-corrected chi connectivity index (χ3v) is 3.31. The predicted octanol–water partition coefficient (Wildman–Crippen LogP) is 3.03. The molecule has 0 spiro atoms. The van der Waals surface area contributed by atoms with Crippen LogP contribution in [0.1, 0.15) is 5.56 Å². The second-order valence-electron chi connectivity index (χ2n) is 4.67. The van der Waals surface area contributed by atoms with E-state index in [0.29, 0.717) is 16.6 Å². The Morgan fingerprint density at radius 3 is 2.50 bits per heavy atom. The molecule has 0 aliphatic rings. The lowest BCUT2D eigenvalue weighted by atomic mass is 10.2. The zero-order valence-corrected chi connectivity index (χ0v) is 14.5. The van der Waals surface area contributed by atoms with Crippen LogP contribution in [-0.4, -0.2) is 32.7 Å². The van der Waals surface area contributed by atoms with Gasteiger partial charge in [-0.05, 0) is 42.0 Å². The fraction of sp³-hybridized carbons (Fsp3) is 0.176. The molecule has 2 rings (SSSR count). The molecule has 2 N–H and O–H groups in total. The molecule has 0 amide bonds. The monoisotopic (exact) mass is 345 g/mol. The Hall–Kier alpha value is -2.80. The Balaban J connectivity index is 1.94. The third-order valence-electron chi connectivity index (χ3n) is 3.11. The van der Waals surface area contributed by atoms with Crippen molar-refractivity contribution in [1.82, 2.24) is 5.43 Å². The molecular weight excluding hydrogens is 326 g/mol. The van der Waals surface area contributed by atoms with E-state index in [1.54, 1.807) is 39.7 Å². The number of hydrogen-bond acceptors (Lipinski definition) is 5. The maximum atomic E-state index is 5.25. The van der Waals surface area contributed by atoms with Gasteiger partial charge in [-0.2, -0.15) is 5.10 Å². The summed E-state index contributed by atoms with van der Waals surface area (Å²) in [6.07, 6.45) is 1.66. The van der Waals surface area contributed by atoms with Crippen molar-refractivity contribution >= 4 is 29.2 Å². The largest absolute Gasteiger partial charge is 0.497 e. The predicted molar refractivity (Wildman–Crippen MR) is 99.5 cm³/mol. The van der Waals surface area contributed by atoms with Gasteiger partial charge in [0.2, 0.25) is 0 Å². The molecule has 0 fully saturated rings. The maximum absolute atomic E-state index is 5.25. The van der Waals surface area contributed by atoms with Crippen LogP contribution < -0.4 is 25.0 Å². The number of nitrogens with one attached hydrogen (secondary N) is 2. The van der Waals surface area contributed by atoms with Gasteiger partial charge in [0.1, 0.15) is 5.75 Å². The van der Waals surface area contributed by atoms with Crippen molar-refractivity contribution < 1.29 is 14.2 Å². The quantitative estimate of drug-likeness (QED) is 0.477. The van der Waals surface area contributed by atoms with Gasteiger partial charge in [-0.25, -0.2) is 0 Å². The normalized spacial score (nSPS) is 10.3. The van der Waals surface area contributed by atoms with Gasteiger partial charge in [-0.1, -0.05) is 12.1 Å².